The Morgan fingerprint density at radius 3 is 2.43 bits per heavy atom. The van der Waals surface area contributed by atoms with Crippen molar-refractivity contribution in [1.82, 2.24) is 5.32 Å². The van der Waals surface area contributed by atoms with Gasteiger partial charge in [0.15, 0.2) is 0 Å². The highest BCUT2D eigenvalue weighted by Crippen LogP contribution is 2.68. The Morgan fingerprint density at radius 1 is 1.07 bits per heavy atom. The highest BCUT2D eigenvalue weighted by atomic mass is 35.5. The molecule has 1 aliphatic carbocycles. The Kier molecular flexibility index (Phi) is 4.07. The molecule has 8 heteroatoms. The fraction of sp³-hybridized carbons (Fsp3) is 0.364. The van der Waals surface area contributed by atoms with E-state index >= 15 is 0 Å². The maximum atomic E-state index is 14.6. The highest BCUT2D eigenvalue weighted by molar-refractivity contribution is 6.31. The second-order valence-electron chi connectivity index (χ2n) is 8.62. The second-order valence-corrected chi connectivity index (χ2v) is 9.50. The van der Waals surface area contributed by atoms with Gasteiger partial charge in [0.25, 0.3) is 5.92 Å². The zero-order valence-corrected chi connectivity index (χ0v) is 17.5. The zero-order chi connectivity index (χ0) is 21.5. The highest BCUT2D eigenvalue weighted by Gasteiger charge is 2.78. The van der Waals surface area contributed by atoms with Crippen molar-refractivity contribution in [3.63, 3.8) is 0 Å². The van der Waals surface area contributed by atoms with Crippen LogP contribution in [0.4, 0.5) is 14.5 Å². The number of anilines is 1. The number of halogens is 4. The molecule has 0 bridgehead atoms. The third kappa shape index (κ3) is 2.50. The lowest BCUT2D eigenvalue weighted by molar-refractivity contribution is -0.134. The largest absolute Gasteiger partial charge is 0.351 e. The normalized spacial score (nSPS) is 33.8. The van der Waals surface area contributed by atoms with Gasteiger partial charge in [-0.2, -0.15) is 0 Å². The molecular weight excluding hydrogens is 433 g/mol. The van der Waals surface area contributed by atoms with Crippen LogP contribution in [0.25, 0.3) is 0 Å². The second kappa shape index (κ2) is 6.17. The van der Waals surface area contributed by atoms with Gasteiger partial charge in [-0.05, 0) is 35.4 Å². The molecule has 0 aromatic heterocycles. The van der Waals surface area contributed by atoms with Gasteiger partial charge >= 0.3 is 0 Å². The van der Waals surface area contributed by atoms with E-state index in [0.717, 1.165) is 0 Å². The maximum Gasteiger partial charge on any atom is 0.256 e. The van der Waals surface area contributed by atoms with E-state index in [-0.39, 0.29) is 12.3 Å². The van der Waals surface area contributed by atoms with Crippen LogP contribution >= 0.6 is 23.2 Å². The van der Waals surface area contributed by atoms with Crippen LogP contribution in [0.1, 0.15) is 36.8 Å². The van der Waals surface area contributed by atoms with E-state index in [2.05, 4.69) is 10.6 Å². The SMILES string of the molecule is C[C@@]1([C@H]2NC(=O)C[C@@H](c3cccc(Cl)c3)[C@]23C(=O)Nc2cc(Cl)ccc23)CC1(F)F. The lowest BCUT2D eigenvalue weighted by atomic mass is 9.57. The van der Waals surface area contributed by atoms with Gasteiger partial charge in [-0.15, -0.1) is 0 Å². The number of fused-ring (bicyclic) bond motifs is 2. The van der Waals surface area contributed by atoms with E-state index in [0.29, 0.717) is 26.9 Å². The van der Waals surface area contributed by atoms with Gasteiger partial charge in [-0.25, -0.2) is 8.78 Å². The summed E-state index contributed by atoms with van der Waals surface area (Å²) in [4.78, 5) is 26.3. The average Bonchev–Trinajstić information content (AvgIpc) is 3.06. The van der Waals surface area contributed by atoms with E-state index in [1.807, 2.05) is 0 Å². The number of amides is 2. The van der Waals surface area contributed by atoms with Gasteiger partial charge in [-0.3, -0.25) is 9.59 Å². The van der Waals surface area contributed by atoms with Crippen LogP contribution in [0.15, 0.2) is 42.5 Å². The minimum atomic E-state index is -2.98. The third-order valence-electron chi connectivity index (χ3n) is 6.94. The summed E-state index contributed by atoms with van der Waals surface area (Å²) < 4.78 is 29.1. The Morgan fingerprint density at radius 2 is 1.77 bits per heavy atom. The standard InChI is InChI=1S/C22H18Cl2F2N2O2/c1-20(10-21(20,25)26)18-22(14-6-5-13(24)8-16(14)27-19(22)30)15(9-17(29)28-18)11-3-2-4-12(23)7-11/h2-8,15,18H,9-10H2,1H3,(H,27,30)(H,28,29)/t15-,18+,20-,22-/m0/s1. The molecule has 0 unspecified atom stereocenters. The summed E-state index contributed by atoms with van der Waals surface area (Å²) >= 11 is 12.3. The van der Waals surface area contributed by atoms with Crippen LogP contribution in [0.2, 0.25) is 10.0 Å². The third-order valence-corrected chi connectivity index (χ3v) is 7.41. The minimum absolute atomic E-state index is 0.0199. The molecule has 156 valence electrons. The van der Waals surface area contributed by atoms with E-state index in [1.165, 1.54) is 6.92 Å². The molecule has 3 aliphatic rings. The van der Waals surface area contributed by atoms with Crippen molar-refractivity contribution in [3.8, 4) is 0 Å². The predicted octanol–water partition coefficient (Wildman–Crippen LogP) is 4.90. The summed E-state index contributed by atoms with van der Waals surface area (Å²) in [6.45, 7) is 1.43. The summed E-state index contributed by atoms with van der Waals surface area (Å²) in [6.07, 6.45) is -0.418. The van der Waals surface area contributed by atoms with E-state index in [9.17, 15) is 18.4 Å². The molecule has 1 saturated carbocycles. The summed E-state index contributed by atoms with van der Waals surface area (Å²) in [7, 11) is 0. The fourth-order valence-corrected chi connectivity index (χ4v) is 5.71. The Labute approximate surface area is 181 Å². The Balaban J connectivity index is 1.79. The Bertz CT molecular complexity index is 1110. The molecule has 2 fully saturated rings. The zero-order valence-electron chi connectivity index (χ0n) is 15.9. The number of hydrogen-bond acceptors (Lipinski definition) is 2. The van der Waals surface area contributed by atoms with E-state index in [1.54, 1.807) is 42.5 Å². The number of nitrogens with one attached hydrogen (secondary N) is 2. The quantitative estimate of drug-likeness (QED) is 0.683. The number of carbonyl (C=O) groups is 2. The average molecular weight is 451 g/mol. The molecule has 2 aromatic rings. The van der Waals surface area contributed by atoms with Gasteiger partial charge in [0.1, 0.15) is 5.41 Å². The number of piperidine rings is 1. The molecule has 1 spiro atoms. The van der Waals surface area contributed by atoms with Gasteiger partial charge in [0.2, 0.25) is 11.8 Å². The van der Waals surface area contributed by atoms with Crippen molar-refractivity contribution < 1.29 is 18.4 Å². The van der Waals surface area contributed by atoms with Crippen molar-refractivity contribution in [2.45, 2.75) is 43.1 Å². The molecule has 2 N–H and O–H groups in total. The molecule has 5 rings (SSSR count). The molecule has 30 heavy (non-hydrogen) atoms. The predicted molar refractivity (Wildman–Crippen MR) is 110 cm³/mol. The number of alkyl halides is 2. The monoisotopic (exact) mass is 450 g/mol. The van der Waals surface area contributed by atoms with Gasteiger partial charge in [0.05, 0.1) is 11.5 Å². The van der Waals surface area contributed by atoms with Gasteiger partial charge < -0.3 is 10.6 Å². The van der Waals surface area contributed by atoms with Crippen LogP contribution in [-0.4, -0.2) is 23.8 Å². The van der Waals surface area contributed by atoms with Crippen molar-refractivity contribution in [3.05, 3.63) is 63.6 Å². The van der Waals surface area contributed by atoms with Crippen molar-refractivity contribution >= 4 is 40.7 Å². The molecule has 1 saturated heterocycles. The molecule has 2 aromatic carbocycles. The first-order valence-electron chi connectivity index (χ1n) is 9.64. The molecular formula is C22H18Cl2F2N2O2. The molecule has 4 nitrogen and oxygen atoms in total. The van der Waals surface area contributed by atoms with Crippen LogP contribution in [0.3, 0.4) is 0 Å². The first-order valence-corrected chi connectivity index (χ1v) is 10.4. The van der Waals surface area contributed by atoms with Crippen LogP contribution in [-0.2, 0) is 15.0 Å². The van der Waals surface area contributed by atoms with E-state index < -0.39 is 41.0 Å². The first kappa shape index (κ1) is 19.8. The van der Waals surface area contributed by atoms with Gasteiger partial charge in [-0.1, -0.05) is 48.3 Å². The van der Waals surface area contributed by atoms with Crippen molar-refractivity contribution in [2.75, 3.05) is 5.32 Å². The smallest absolute Gasteiger partial charge is 0.256 e. The minimum Gasteiger partial charge on any atom is -0.351 e. The lowest BCUT2D eigenvalue weighted by Crippen LogP contribution is -2.65. The summed E-state index contributed by atoms with van der Waals surface area (Å²) in [6, 6.07) is 10.7. The summed E-state index contributed by atoms with van der Waals surface area (Å²) in [5, 5.41) is 6.46. The molecule has 2 heterocycles. The number of benzene rings is 2. The molecule has 2 aliphatic heterocycles. The van der Waals surface area contributed by atoms with Crippen LogP contribution < -0.4 is 10.6 Å². The maximum absolute atomic E-state index is 14.6. The Hall–Kier alpha value is -2.18. The van der Waals surface area contributed by atoms with Crippen molar-refractivity contribution in [1.29, 1.82) is 0 Å². The van der Waals surface area contributed by atoms with Crippen LogP contribution in [0, 0.1) is 5.41 Å². The molecule has 4 atom stereocenters. The summed E-state index contributed by atoms with van der Waals surface area (Å²) in [5.74, 6) is -4.43. The topological polar surface area (TPSA) is 58.2 Å². The lowest BCUT2D eigenvalue weighted by Gasteiger charge is -2.48. The molecule has 2 amide bonds. The van der Waals surface area contributed by atoms with Gasteiger partial charge in [0, 0.05) is 34.5 Å². The first-order chi connectivity index (χ1) is 14.1. The number of rotatable bonds is 2. The molecule has 0 radical (unpaired) electrons. The number of hydrogen-bond donors (Lipinski definition) is 2. The van der Waals surface area contributed by atoms with Crippen molar-refractivity contribution in [2.24, 2.45) is 5.41 Å². The fourth-order valence-electron chi connectivity index (χ4n) is 5.34. The number of carbonyl (C=O) groups excluding carboxylic acids is 2. The van der Waals surface area contributed by atoms with E-state index in [4.69, 9.17) is 23.2 Å². The summed E-state index contributed by atoms with van der Waals surface area (Å²) in [5.41, 5.74) is -1.25. The van der Waals surface area contributed by atoms with Crippen LogP contribution in [0.5, 0.6) is 0 Å².